The topological polar surface area (TPSA) is 55.1 Å². The molecule has 1 unspecified atom stereocenters. The van der Waals surface area contributed by atoms with Crippen molar-refractivity contribution >= 4 is 5.91 Å². The highest BCUT2D eigenvalue weighted by molar-refractivity contribution is 5.76. The summed E-state index contributed by atoms with van der Waals surface area (Å²) in [5.74, 6) is 0.291. The maximum Gasteiger partial charge on any atom is 0.221 e. The van der Waals surface area contributed by atoms with Gasteiger partial charge in [0, 0.05) is 19.0 Å². The van der Waals surface area contributed by atoms with Crippen molar-refractivity contribution in [1.29, 1.82) is 0 Å². The Morgan fingerprint density at radius 1 is 1.50 bits per heavy atom. The molecule has 1 aromatic rings. The van der Waals surface area contributed by atoms with Crippen LogP contribution in [0.1, 0.15) is 24.8 Å². The van der Waals surface area contributed by atoms with Crippen molar-refractivity contribution in [3.8, 4) is 0 Å². The largest absolute Gasteiger partial charge is 0.356 e. The second-order valence-corrected chi connectivity index (χ2v) is 4.94. The van der Waals surface area contributed by atoms with Gasteiger partial charge < -0.3 is 11.1 Å². The van der Waals surface area contributed by atoms with Crippen LogP contribution in [0.5, 0.6) is 0 Å². The minimum atomic E-state index is -0.241. The third kappa shape index (κ3) is 4.11. The monoisotopic (exact) mass is 250 g/mol. The van der Waals surface area contributed by atoms with Crippen LogP contribution in [0.2, 0.25) is 0 Å². The molecule has 0 spiro atoms. The molecule has 3 N–H and O–H groups in total. The third-order valence-electron chi connectivity index (χ3n) is 3.27. The van der Waals surface area contributed by atoms with Gasteiger partial charge in [-0.25, -0.2) is 4.39 Å². The Kier molecular flexibility index (Phi) is 4.31. The van der Waals surface area contributed by atoms with Crippen molar-refractivity contribution in [3.63, 3.8) is 0 Å². The number of hydrogen-bond acceptors (Lipinski definition) is 2. The van der Waals surface area contributed by atoms with Crippen LogP contribution >= 0.6 is 0 Å². The Morgan fingerprint density at radius 3 is 2.94 bits per heavy atom. The van der Waals surface area contributed by atoms with E-state index in [1.54, 1.807) is 6.07 Å². The van der Waals surface area contributed by atoms with Gasteiger partial charge >= 0.3 is 0 Å². The highest BCUT2D eigenvalue weighted by Crippen LogP contribution is 2.32. The molecule has 98 valence electrons. The van der Waals surface area contributed by atoms with E-state index in [1.165, 1.54) is 12.1 Å². The van der Waals surface area contributed by atoms with E-state index in [1.807, 2.05) is 6.07 Å². The van der Waals surface area contributed by atoms with E-state index in [0.29, 0.717) is 25.3 Å². The molecule has 1 amide bonds. The Hall–Kier alpha value is -1.42. The molecule has 0 aromatic heterocycles. The first-order chi connectivity index (χ1) is 8.65. The van der Waals surface area contributed by atoms with E-state index < -0.39 is 0 Å². The first-order valence-corrected chi connectivity index (χ1v) is 6.42. The molecule has 1 aliphatic carbocycles. The summed E-state index contributed by atoms with van der Waals surface area (Å²) in [6.45, 7) is 0.527. The fraction of sp³-hybridized carbons (Fsp3) is 0.500. The van der Waals surface area contributed by atoms with Crippen LogP contribution in [0, 0.1) is 11.7 Å². The van der Waals surface area contributed by atoms with Gasteiger partial charge in [-0.2, -0.15) is 0 Å². The standard InChI is InChI=1S/C14H19FN2O/c15-12-3-1-2-10(8-12)6-7-17-14(18)9-13(16)11-4-5-11/h1-3,8,11,13H,4-7,9,16H2,(H,17,18). The summed E-state index contributed by atoms with van der Waals surface area (Å²) in [5.41, 5.74) is 6.76. The van der Waals surface area contributed by atoms with Gasteiger partial charge in [0.05, 0.1) is 0 Å². The number of halogens is 1. The molecule has 1 fully saturated rings. The number of hydrogen-bond donors (Lipinski definition) is 2. The molecule has 18 heavy (non-hydrogen) atoms. The maximum absolute atomic E-state index is 12.9. The number of rotatable bonds is 6. The quantitative estimate of drug-likeness (QED) is 0.806. The third-order valence-corrected chi connectivity index (χ3v) is 3.27. The number of nitrogens with one attached hydrogen (secondary N) is 1. The SMILES string of the molecule is NC(CC(=O)NCCc1cccc(F)c1)C1CC1. The van der Waals surface area contributed by atoms with Crippen LogP contribution in [0.3, 0.4) is 0 Å². The van der Waals surface area contributed by atoms with Gasteiger partial charge in [-0.3, -0.25) is 4.79 Å². The van der Waals surface area contributed by atoms with E-state index in [9.17, 15) is 9.18 Å². The predicted octanol–water partition coefficient (Wildman–Crippen LogP) is 1.61. The lowest BCUT2D eigenvalue weighted by Gasteiger charge is -2.10. The van der Waals surface area contributed by atoms with Crippen molar-refractivity contribution in [1.82, 2.24) is 5.32 Å². The van der Waals surface area contributed by atoms with E-state index in [-0.39, 0.29) is 17.8 Å². The lowest BCUT2D eigenvalue weighted by atomic mass is 10.1. The zero-order valence-corrected chi connectivity index (χ0v) is 10.4. The molecule has 2 rings (SSSR count). The lowest BCUT2D eigenvalue weighted by Crippen LogP contribution is -2.33. The summed E-state index contributed by atoms with van der Waals surface area (Å²) < 4.78 is 12.9. The maximum atomic E-state index is 12.9. The van der Waals surface area contributed by atoms with Gasteiger partial charge in [-0.1, -0.05) is 12.1 Å². The van der Waals surface area contributed by atoms with Gasteiger partial charge in [0.15, 0.2) is 0 Å². The molecule has 0 heterocycles. The smallest absolute Gasteiger partial charge is 0.221 e. The number of benzene rings is 1. The van der Waals surface area contributed by atoms with Gasteiger partial charge in [0.1, 0.15) is 5.82 Å². The van der Waals surface area contributed by atoms with Crippen molar-refractivity contribution in [2.24, 2.45) is 11.7 Å². The van der Waals surface area contributed by atoms with E-state index in [4.69, 9.17) is 5.73 Å². The van der Waals surface area contributed by atoms with Crippen LogP contribution in [0.4, 0.5) is 4.39 Å². The van der Waals surface area contributed by atoms with Crippen LogP contribution < -0.4 is 11.1 Å². The van der Waals surface area contributed by atoms with E-state index in [2.05, 4.69) is 5.32 Å². The van der Waals surface area contributed by atoms with Crippen molar-refractivity contribution in [2.45, 2.75) is 31.7 Å². The first-order valence-electron chi connectivity index (χ1n) is 6.42. The Balaban J connectivity index is 1.66. The molecular weight excluding hydrogens is 231 g/mol. The molecule has 1 saturated carbocycles. The fourth-order valence-corrected chi connectivity index (χ4v) is 2.02. The van der Waals surface area contributed by atoms with Gasteiger partial charge in [0.25, 0.3) is 0 Å². The molecule has 0 radical (unpaired) electrons. The minimum Gasteiger partial charge on any atom is -0.356 e. The Labute approximate surface area is 107 Å². The van der Waals surface area contributed by atoms with Crippen LogP contribution in [0.15, 0.2) is 24.3 Å². The zero-order chi connectivity index (χ0) is 13.0. The fourth-order valence-electron chi connectivity index (χ4n) is 2.02. The summed E-state index contributed by atoms with van der Waals surface area (Å²) >= 11 is 0. The second-order valence-electron chi connectivity index (χ2n) is 4.94. The first kappa shape index (κ1) is 13.0. The number of nitrogens with two attached hydrogens (primary N) is 1. The zero-order valence-electron chi connectivity index (χ0n) is 10.4. The second kappa shape index (κ2) is 5.96. The lowest BCUT2D eigenvalue weighted by molar-refractivity contribution is -0.121. The van der Waals surface area contributed by atoms with Crippen molar-refractivity contribution in [3.05, 3.63) is 35.6 Å². The summed E-state index contributed by atoms with van der Waals surface area (Å²) in [6, 6.07) is 6.43. The minimum absolute atomic E-state index is 0.000769. The average Bonchev–Trinajstić information content (AvgIpc) is 3.12. The molecule has 3 nitrogen and oxygen atoms in total. The molecule has 1 atom stereocenters. The Morgan fingerprint density at radius 2 is 2.28 bits per heavy atom. The number of carbonyl (C=O) groups is 1. The molecule has 4 heteroatoms. The van der Waals surface area contributed by atoms with Crippen LogP contribution in [0.25, 0.3) is 0 Å². The van der Waals surface area contributed by atoms with Crippen molar-refractivity contribution < 1.29 is 9.18 Å². The van der Waals surface area contributed by atoms with Gasteiger partial charge in [-0.05, 0) is 42.9 Å². The highest BCUT2D eigenvalue weighted by Gasteiger charge is 2.29. The van der Waals surface area contributed by atoms with Crippen LogP contribution in [-0.4, -0.2) is 18.5 Å². The van der Waals surface area contributed by atoms with Gasteiger partial charge in [-0.15, -0.1) is 0 Å². The number of carbonyl (C=O) groups excluding carboxylic acids is 1. The molecule has 0 bridgehead atoms. The average molecular weight is 250 g/mol. The molecule has 1 aromatic carbocycles. The van der Waals surface area contributed by atoms with E-state index in [0.717, 1.165) is 18.4 Å². The van der Waals surface area contributed by atoms with Crippen LogP contribution in [-0.2, 0) is 11.2 Å². The summed E-state index contributed by atoms with van der Waals surface area (Å²) in [4.78, 5) is 11.6. The summed E-state index contributed by atoms with van der Waals surface area (Å²) in [5, 5.41) is 2.82. The Bertz CT molecular complexity index is 418. The van der Waals surface area contributed by atoms with Gasteiger partial charge in [0.2, 0.25) is 5.91 Å². The number of amides is 1. The molecule has 1 aliphatic rings. The molecular formula is C14H19FN2O. The predicted molar refractivity (Wildman–Crippen MR) is 68.4 cm³/mol. The molecule has 0 saturated heterocycles. The van der Waals surface area contributed by atoms with E-state index >= 15 is 0 Å². The summed E-state index contributed by atoms with van der Waals surface area (Å²) in [7, 11) is 0. The normalized spacial score (nSPS) is 16.3. The molecule has 0 aliphatic heterocycles. The summed E-state index contributed by atoms with van der Waals surface area (Å²) in [6.07, 6.45) is 3.34. The van der Waals surface area contributed by atoms with Crippen molar-refractivity contribution in [2.75, 3.05) is 6.54 Å². The highest BCUT2D eigenvalue weighted by atomic mass is 19.1.